The Balaban J connectivity index is 2.62. The van der Waals surface area contributed by atoms with Crippen molar-refractivity contribution in [1.29, 1.82) is 0 Å². The van der Waals surface area contributed by atoms with Crippen LogP contribution in [0.1, 0.15) is 44.7 Å². The quantitative estimate of drug-likeness (QED) is 0.723. The standard InChI is InChI=1S/C15H23ClN2O2/c1-3-13(8-9-19)17-15(20)18-14(4-2)11-6-5-7-12(16)10-11/h5-7,10,13-14,19H,3-4,8-9H2,1-2H3,(H2,17,18,20). The number of carbonyl (C=O) groups is 1. The zero-order valence-electron chi connectivity index (χ0n) is 12.0. The molecule has 0 spiro atoms. The average molecular weight is 299 g/mol. The van der Waals surface area contributed by atoms with Crippen LogP contribution in [0.4, 0.5) is 4.79 Å². The molecule has 0 aliphatic rings. The number of carbonyl (C=O) groups excluding carboxylic acids is 1. The second-order valence-electron chi connectivity index (χ2n) is 4.75. The van der Waals surface area contributed by atoms with Crippen LogP contribution in [0.25, 0.3) is 0 Å². The van der Waals surface area contributed by atoms with Crippen LogP contribution in [-0.4, -0.2) is 23.8 Å². The van der Waals surface area contributed by atoms with Crippen LogP contribution >= 0.6 is 11.6 Å². The highest BCUT2D eigenvalue weighted by atomic mass is 35.5. The summed E-state index contributed by atoms with van der Waals surface area (Å²) in [7, 11) is 0. The van der Waals surface area contributed by atoms with Crippen LogP contribution in [0.2, 0.25) is 5.02 Å². The van der Waals surface area contributed by atoms with Crippen molar-refractivity contribution in [3.05, 3.63) is 34.9 Å². The van der Waals surface area contributed by atoms with Crippen molar-refractivity contribution >= 4 is 17.6 Å². The van der Waals surface area contributed by atoms with Gasteiger partial charge in [-0.3, -0.25) is 0 Å². The molecule has 0 aliphatic heterocycles. The smallest absolute Gasteiger partial charge is 0.315 e. The molecule has 2 unspecified atom stereocenters. The highest BCUT2D eigenvalue weighted by molar-refractivity contribution is 6.30. The normalized spacial score (nSPS) is 13.6. The Morgan fingerprint density at radius 2 is 2.05 bits per heavy atom. The van der Waals surface area contributed by atoms with Gasteiger partial charge in [0.1, 0.15) is 0 Å². The van der Waals surface area contributed by atoms with E-state index in [4.69, 9.17) is 16.7 Å². The molecule has 0 bridgehead atoms. The van der Waals surface area contributed by atoms with Gasteiger partial charge in [0, 0.05) is 17.7 Å². The van der Waals surface area contributed by atoms with Crippen molar-refractivity contribution in [2.24, 2.45) is 0 Å². The Morgan fingerprint density at radius 3 is 2.60 bits per heavy atom. The fourth-order valence-corrected chi connectivity index (χ4v) is 2.26. The van der Waals surface area contributed by atoms with Crippen molar-refractivity contribution < 1.29 is 9.90 Å². The lowest BCUT2D eigenvalue weighted by Gasteiger charge is -2.21. The minimum atomic E-state index is -0.211. The van der Waals surface area contributed by atoms with Gasteiger partial charge in [-0.1, -0.05) is 37.6 Å². The van der Waals surface area contributed by atoms with E-state index in [2.05, 4.69) is 10.6 Å². The lowest BCUT2D eigenvalue weighted by molar-refractivity contribution is 0.224. The molecule has 4 nitrogen and oxygen atoms in total. The molecule has 1 aromatic rings. The zero-order chi connectivity index (χ0) is 15.0. The van der Waals surface area contributed by atoms with Gasteiger partial charge in [-0.2, -0.15) is 0 Å². The van der Waals surface area contributed by atoms with Gasteiger partial charge in [-0.15, -0.1) is 0 Å². The Labute approximate surface area is 125 Å². The van der Waals surface area contributed by atoms with Gasteiger partial charge < -0.3 is 15.7 Å². The molecule has 0 saturated carbocycles. The predicted octanol–water partition coefficient (Wildman–Crippen LogP) is 3.25. The molecule has 2 amide bonds. The molecule has 1 rings (SSSR count). The Morgan fingerprint density at radius 1 is 1.30 bits per heavy atom. The molecule has 0 fully saturated rings. The van der Waals surface area contributed by atoms with E-state index in [-0.39, 0.29) is 24.7 Å². The number of hydrogen-bond acceptors (Lipinski definition) is 2. The molecule has 0 saturated heterocycles. The SMILES string of the molecule is CCC(CCO)NC(=O)NC(CC)c1cccc(Cl)c1. The summed E-state index contributed by atoms with van der Waals surface area (Å²) in [5.41, 5.74) is 0.991. The molecule has 0 aromatic heterocycles. The first kappa shape index (κ1) is 16.8. The topological polar surface area (TPSA) is 61.4 Å². The van der Waals surface area contributed by atoms with E-state index in [0.29, 0.717) is 11.4 Å². The van der Waals surface area contributed by atoms with Gasteiger partial charge in [0.2, 0.25) is 0 Å². The van der Waals surface area contributed by atoms with Crippen LogP contribution in [0.3, 0.4) is 0 Å². The van der Waals surface area contributed by atoms with Crippen molar-refractivity contribution in [1.82, 2.24) is 10.6 Å². The third-order valence-corrected chi connectivity index (χ3v) is 3.51. The van der Waals surface area contributed by atoms with Gasteiger partial charge in [0.15, 0.2) is 0 Å². The number of amides is 2. The van der Waals surface area contributed by atoms with Gasteiger partial charge in [-0.25, -0.2) is 4.79 Å². The van der Waals surface area contributed by atoms with Crippen molar-refractivity contribution in [3.63, 3.8) is 0 Å². The number of aliphatic hydroxyl groups is 1. The minimum Gasteiger partial charge on any atom is -0.396 e. The molecular weight excluding hydrogens is 276 g/mol. The summed E-state index contributed by atoms with van der Waals surface area (Å²) in [5.74, 6) is 0. The molecule has 2 atom stereocenters. The third-order valence-electron chi connectivity index (χ3n) is 3.27. The maximum absolute atomic E-state index is 12.0. The summed E-state index contributed by atoms with van der Waals surface area (Å²) in [5, 5.41) is 15.4. The molecule has 0 aliphatic carbocycles. The van der Waals surface area contributed by atoms with Crippen LogP contribution in [0.5, 0.6) is 0 Å². The van der Waals surface area contributed by atoms with Crippen molar-refractivity contribution in [3.8, 4) is 0 Å². The first-order valence-electron chi connectivity index (χ1n) is 7.04. The van der Waals surface area contributed by atoms with Crippen molar-refractivity contribution in [2.45, 2.75) is 45.2 Å². The second-order valence-corrected chi connectivity index (χ2v) is 5.19. The Kier molecular flexibility index (Phi) is 7.41. The third kappa shape index (κ3) is 5.39. The number of halogens is 1. The average Bonchev–Trinajstić information content (AvgIpc) is 2.44. The number of nitrogens with one attached hydrogen (secondary N) is 2. The van der Waals surface area contributed by atoms with Gasteiger partial charge >= 0.3 is 6.03 Å². The van der Waals surface area contributed by atoms with Gasteiger partial charge in [0.25, 0.3) is 0 Å². The summed E-state index contributed by atoms with van der Waals surface area (Å²) in [6.07, 6.45) is 2.14. The Hall–Kier alpha value is -1.26. The van der Waals surface area contributed by atoms with E-state index in [1.807, 2.05) is 38.1 Å². The van der Waals surface area contributed by atoms with E-state index < -0.39 is 0 Å². The predicted molar refractivity (Wildman–Crippen MR) is 81.9 cm³/mol. The van der Waals surface area contributed by atoms with Crippen LogP contribution in [-0.2, 0) is 0 Å². The zero-order valence-corrected chi connectivity index (χ0v) is 12.8. The molecule has 1 aromatic carbocycles. The van der Waals surface area contributed by atoms with Crippen molar-refractivity contribution in [2.75, 3.05) is 6.61 Å². The first-order chi connectivity index (χ1) is 9.60. The molecule has 20 heavy (non-hydrogen) atoms. The number of rotatable bonds is 7. The lowest BCUT2D eigenvalue weighted by Crippen LogP contribution is -2.43. The molecule has 3 N–H and O–H groups in total. The van der Waals surface area contributed by atoms with E-state index in [9.17, 15) is 4.79 Å². The summed E-state index contributed by atoms with van der Waals surface area (Å²) >= 11 is 5.97. The summed E-state index contributed by atoms with van der Waals surface area (Å²) in [4.78, 5) is 12.0. The lowest BCUT2D eigenvalue weighted by atomic mass is 10.0. The number of benzene rings is 1. The Bertz CT molecular complexity index is 426. The first-order valence-corrected chi connectivity index (χ1v) is 7.41. The van der Waals surface area contributed by atoms with Gasteiger partial charge in [-0.05, 0) is 37.0 Å². The summed E-state index contributed by atoms with van der Waals surface area (Å²) in [6.45, 7) is 4.07. The fraction of sp³-hybridized carbons (Fsp3) is 0.533. The highest BCUT2D eigenvalue weighted by Crippen LogP contribution is 2.20. The van der Waals surface area contributed by atoms with E-state index in [1.165, 1.54) is 0 Å². The number of urea groups is 1. The monoisotopic (exact) mass is 298 g/mol. The molecular formula is C15H23ClN2O2. The molecule has 112 valence electrons. The van der Waals surface area contributed by atoms with E-state index in [1.54, 1.807) is 0 Å². The molecule has 0 heterocycles. The number of hydrogen-bond donors (Lipinski definition) is 3. The van der Waals surface area contributed by atoms with E-state index in [0.717, 1.165) is 18.4 Å². The summed E-state index contributed by atoms with van der Waals surface area (Å²) in [6, 6.07) is 7.22. The van der Waals surface area contributed by atoms with E-state index >= 15 is 0 Å². The summed E-state index contributed by atoms with van der Waals surface area (Å²) < 4.78 is 0. The van der Waals surface area contributed by atoms with Crippen LogP contribution in [0.15, 0.2) is 24.3 Å². The van der Waals surface area contributed by atoms with Crippen LogP contribution < -0.4 is 10.6 Å². The largest absolute Gasteiger partial charge is 0.396 e. The highest BCUT2D eigenvalue weighted by Gasteiger charge is 2.15. The molecule has 0 radical (unpaired) electrons. The fourth-order valence-electron chi connectivity index (χ4n) is 2.06. The maximum Gasteiger partial charge on any atom is 0.315 e. The maximum atomic E-state index is 12.0. The van der Waals surface area contributed by atoms with Gasteiger partial charge in [0.05, 0.1) is 6.04 Å². The number of aliphatic hydroxyl groups excluding tert-OH is 1. The second kappa shape index (κ2) is 8.82. The minimum absolute atomic E-state index is 0.00290. The van der Waals surface area contributed by atoms with Crippen LogP contribution in [0, 0.1) is 0 Å². The molecule has 5 heteroatoms.